The topological polar surface area (TPSA) is 54.0 Å². The van der Waals surface area contributed by atoms with E-state index >= 15 is 0 Å². The minimum Gasteiger partial charge on any atom is -0.337 e. The summed E-state index contributed by atoms with van der Waals surface area (Å²) < 4.78 is 0. The zero-order valence-corrected chi connectivity index (χ0v) is 13.5. The van der Waals surface area contributed by atoms with Gasteiger partial charge in [0.1, 0.15) is 0 Å². The molecule has 2 aromatic rings. The van der Waals surface area contributed by atoms with E-state index in [9.17, 15) is 4.79 Å². The molecule has 1 heterocycles. The molecule has 0 fully saturated rings. The van der Waals surface area contributed by atoms with Crippen LogP contribution in [0.1, 0.15) is 25.0 Å². The maximum Gasteiger partial charge on any atom is 0.315 e. The van der Waals surface area contributed by atoms with Crippen LogP contribution in [0.4, 0.5) is 4.79 Å². The van der Waals surface area contributed by atoms with Gasteiger partial charge in [-0.1, -0.05) is 49.7 Å². The van der Waals surface area contributed by atoms with Gasteiger partial charge in [-0.3, -0.25) is 4.98 Å². The number of pyridine rings is 1. The molecule has 0 radical (unpaired) electrons. The lowest BCUT2D eigenvalue weighted by atomic mass is 9.84. The molecule has 2 amide bonds. The molecule has 0 aliphatic carbocycles. The zero-order chi connectivity index (χ0) is 16.0. The van der Waals surface area contributed by atoms with Crippen LogP contribution in [0.15, 0.2) is 48.8 Å². The molecule has 1 aromatic carbocycles. The number of hydrogen-bond donors (Lipinski definition) is 2. The highest BCUT2D eigenvalue weighted by molar-refractivity contribution is 6.31. The second kappa shape index (κ2) is 7.27. The summed E-state index contributed by atoms with van der Waals surface area (Å²) in [5.74, 6) is 0. The number of hydrogen-bond acceptors (Lipinski definition) is 2. The van der Waals surface area contributed by atoms with E-state index in [1.807, 2.05) is 36.4 Å². The van der Waals surface area contributed by atoms with Crippen LogP contribution < -0.4 is 10.6 Å². The number of carbonyl (C=O) groups excluding carboxylic acids is 1. The Morgan fingerprint density at radius 3 is 2.64 bits per heavy atom. The first kappa shape index (κ1) is 16.3. The number of nitrogens with one attached hydrogen (secondary N) is 2. The molecule has 0 atom stereocenters. The lowest BCUT2D eigenvalue weighted by molar-refractivity contribution is 0.238. The molecule has 4 nitrogen and oxygen atoms in total. The first-order chi connectivity index (χ1) is 10.5. The third-order valence-corrected chi connectivity index (χ3v) is 3.80. The van der Waals surface area contributed by atoms with E-state index in [0.717, 1.165) is 11.1 Å². The molecule has 22 heavy (non-hydrogen) atoms. The minimum atomic E-state index is -0.246. The molecule has 0 bridgehead atoms. The quantitative estimate of drug-likeness (QED) is 0.886. The first-order valence-electron chi connectivity index (χ1n) is 7.15. The van der Waals surface area contributed by atoms with Gasteiger partial charge in [0.05, 0.1) is 0 Å². The summed E-state index contributed by atoms with van der Waals surface area (Å²) in [6, 6.07) is 11.3. The van der Waals surface area contributed by atoms with Crippen LogP contribution in [0.25, 0.3) is 0 Å². The highest BCUT2D eigenvalue weighted by atomic mass is 35.5. The van der Waals surface area contributed by atoms with Crippen molar-refractivity contribution in [1.82, 2.24) is 15.6 Å². The number of amides is 2. The van der Waals surface area contributed by atoms with E-state index in [1.165, 1.54) is 0 Å². The molecule has 5 heteroatoms. The van der Waals surface area contributed by atoms with Gasteiger partial charge in [-0.15, -0.1) is 0 Å². The van der Waals surface area contributed by atoms with Crippen molar-refractivity contribution >= 4 is 17.6 Å². The fourth-order valence-electron chi connectivity index (χ4n) is 2.15. The van der Waals surface area contributed by atoms with Crippen LogP contribution in [-0.2, 0) is 12.0 Å². The summed E-state index contributed by atoms with van der Waals surface area (Å²) in [7, 11) is 0. The maximum absolute atomic E-state index is 11.9. The number of halogens is 1. The molecule has 116 valence electrons. The summed E-state index contributed by atoms with van der Waals surface area (Å²) in [6.07, 6.45) is 3.43. The van der Waals surface area contributed by atoms with Gasteiger partial charge in [-0.05, 0) is 23.3 Å². The predicted molar refractivity (Wildman–Crippen MR) is 89.0 cm³/mol. The number of aromatic nitrogens is 1. The third kappa shape index (κ3) is 4.46. The van der Waals surface area contributed by atoms with Gasteiger partial charge in [-0.2, -0.15) is 0 Å². The van der Waals surface area contributed by atoms with E-state index in [1.54, 1.807) is 12.4 Å². The summed E-state index contributed by atoms with van der Waals surface area (Å²) >= 11 is 6.23. The Balaban J connectivity index is 1.86. The molecule has 0 aliphatic heterocycles. The van der Waals surface area contributed by atoms with Gasteiger partial charge in [0.25, 0.3) is 0 Å². The standard InChI is InChI=1S/C17H20ClN3O/c1-17(2,14-7-3-4-8-15(14)18)12-21-16(22)20-11-13-6-5-9-19-10-13/h3-10H,11-12H2,1-2H3,(H2,20,21,22). The minimum absolute atomic E-state index is 0.205. The highest BCUT2D eigenvalue weighted by Crippen LogP contribution is 2.28. The lowest BCUT2D eigenvalue weighted by Gasteiger charge is -2.26. The highest BCUT2D eigenvalue weighted by Gasteiger charge is 2.23. The smallest absolute Gasteiger partial charge is 0.315 e. The Morgan fingerprint density at radius 1 is 1.18 bits per heavy atom. The van der Waals surface area contributed by atoms with Gasteiger partial charge in [0, 0.05) is 35.9 Å². The average molecular weight is 318 g/mol. The summed E-state index contributed by atoms with van der Waals surface area (Å²) in [6.45, 7) is 5.05. The van der Waals surface area contributed by atoms with Crippen molar-refractivity contribution < 1.29 is 4.79 Å². The second-order valence-corrected chi connectivity index (χ2v) is 6.17. The Morgan fingerprint density at radius 2 is 1.95 bits per heavy atom. The van der Waals surface area contributed by atoms with Crippen molar-refractivity contribution in [1.29, 1.82) is 0 Å². The molecule has 0 saturated heterocycles. The van der Waals surface area contributed by atoms with Crippen molar-refractivity contribution in [2.45, 2.75) is 25.8 Å². The number of nitrogens with zero attached hydrogens (tertiary/aromatic N) is 1. The van der Waals surface area contributed by atoms with E-state index in [2.05, 4.69) is 29.5 Å². The number of benzene rings is 1. The van der Waals surface area contributed by atoms with Crippen LogP contribution >= 0.6 is 11.6 Å². The van der Waals surface area contributed by atoms with Crippen molar-refractivity contribution in [3.05, 3.63) is 64.9 Å². The second-order valence-electron chi connectivity index (χ2n) is 5.76. The average Bonchev–Trinajstić information content (AvgIpc) is 2.52. The molecule has 1 aromatic heterocycles. The normalized spacial score (nSPS) is 11.0. The fourth-order valence-corrected chi connectivity index (χ4v) is 2.55. The van der Waals surface area contributed by atoms with Crippen LogP contribution in [0.2, 0.25) is 5.02 Å². The van der Waals surface area contributed by atoms with E-state index in [4.69, 9.17) is 11.6 Å². The summed E-state index contributed by atoms with van der Waals surface area (Å²) in [5, 5.41) is 6.42. The first-order valence-corrected chi connectivity index (χ1v) is 7.52. The van der Waals surface area contributed by atoms with E-state index < -0.39 is 0 Å². The van der Waals surface area contributed by atoms with Gasteiger partial charge < -0.3 is 10.6 Å². The van der Waals surface area contributed by atoms with E-state index in [-0.39, 0.29) is 11.4 Å². The summed E-state index contributed by atoms with van der Waals surface area (Å²) in [4.78, 5) is 15.9. The number of rotatable bonds is 5. The maximum atomic E-state index is 11.9. The molecular weight excluding hydrogens is 298 g/mol. The van der Waals surface area contributed by atoms with Crippen molar-refractivity contribution in [2.24, 2.45) is 0 Å². The van der Waals surface area contributed by atoms with Crippen LogP contribution in [0.5, 0.6) is 0 Å². The Kier molecular flexibility index (Phi) is 5.39. The van der Waals surface area contributed by atoms with Crippen LogP contribution in [0.3, 0.4) is 0 Å². The van der Waals surface area contributed by atoms with Gasteiger partial charge in [-0.25, -0.2) is 4.79 Å². The number of carbonyl (C=O) groups is 1. The molecule has 2 N–H and O–H groups in total. The van der Waals surface area contributed by atoms with Crippen LogP contribution in [0, 0.1) is 0 Å². The third-order valence-electron chi connectivity index (χ3n) is 3.47. The summed E-state index contributed by atoms with van der Waals surface area (Å²) in [5.41, 5.74) is 1.73. The Labute approximate surface area is 135 Å². The lowest BCUT2D eigenvalue weighted by Crippen LogP contribution is -2.42. The fraction of sp³-hybridized carbons (Fsp3) is 0.294. The van der Waals surface area contributed by atoms with Crippen molar-refractivity contribution in [3.8, 4) is 0 Å². The number of urea groups is 1. The Bertz CT molecular complexity index is 629. The largest absolute Gasteiger partial charge is 0.337 e. The molecule has 0 unspecified atom stereocenters. The molecule has 0 spiro atoms. The SMILES string of the molecule is CC(C)(CNC(=O)NCc1cccnc1)c1ccccc1Cl. The molecule has 2 rings (SSSR count). The zero-order valence-electron chi connectivity index (χ0n) is 12.8. The Hall–Kier alpha value is -2.07. The van der Waals surface area contributed by atoms with Crippen molar-refractivity contribution in [2.75, 3.05) is 6.54 Å². The van der Waals surface area contributed by atoms with Gasteiger partial charge in [0.15, 0.2) is 0 Å². The molecule has 0 saturated carbocycles. The van der Waals surface area contributed by atoms with Gasteiger partial charge >= 0.3 is 6.03 Å². The molecule has 0 aliphatic rings. The van der Waals surface area contributed by atoms with Crippen molar-refractivity contribution in [3.63, 3.8) is 0 Å². The monoisotopic (exact) mass is 317 g/mol. The van der Waals surface area contributed by atoms with Gasteiger partial charge in [0.2, 0.25) is 0 Å². The molecular formula is C17H20ClN3O. The van der Waals surface area contributed by atoms with E-state index in [0.29, 0.717) is 18.1 Å². The predicted octanol–water partition coefficient (Wildman–Crippen LogP) is 3.51. The van der Waals surface area contributed by atoms with Crippen LogP contribution in [-0.4, -0.2) is 17.6 Å².